The molecule has 4 rings (SSSR count). The molecule has 0 bridgehead atoms. The predicted molar refractivity (Wildman–Crippen MR) is 99.2 cm³/mol. The van der Waals surface area contributed by atoms with Crippen LogP contribution in [0.15, 0.2) is 72.5 Å². The van der Waals surface area contributed by atoms with Crippen molar-refractivity contribution in [2.75, 3.05) is 0 Å². The van der Waals surface area contributed by atoms with Crippen LogP contribution in [0.5, 0.6) is 0 Å². The second kappa shape index (κ2) is 7.66. The van der Waals surface area contributed by atoms with Gasteiger partial charge in [-0.1, -0.05) is 60.7 Å². The largest absolute Gasteiger partial charge is 0.472 e. The number of nitrogens with zero attached hydrogens (tertiary/aromatic N) is 1. The van der Waals surface area contributed by atoms with Crippen LogP contribution in [0.2, 0.25) is 0 Å². The van der Waals surface area contributed by atoms with E-state index >= 15 is 0 Å². The molecule has 138 valence electrons. The Morgan fingerprint density at radius 1 is 1.07 bits per heavy atom. The van der Waals surface area contributed by atoms with Gasteiger partial charge in [-0.05, 0) is 30.0 Å². The van der Waals surface area contributed by atoms with Crippen molar-refractivity contribution >= 4 is 11.9 Å². The lowest BCUT2D eigenvalue weighted by Gasteiger charge is -2.33. The fourth-order valence-corrected chi connectivity index (χ4v) is 3.39. The molecule has 0 spiro atoms. The van der Waals surface area contributed by atoms with Crippen LogP contribution in [0, 0.1) is 0 Å². The van der Waals surface area contributed by atoms with E-state index in [1.807, 2.05) is 54.6 Å². The maximum absolute atomic E-state index is 12.7. The van der Waals surface area contributed by atoms with E-state index in [0.29, 0.717) is 12.2 Å². The number of fused-ring (bicyclic) bond motifs is 1. The number of carbonyl (C=O) groups excluding carboxylic acids is 2. The number of β-lactam (4-membered cyclic amide) rings is 1. The number of amides is 1. The molecule has 2 aromatic rings. The first-order chi connectivity index (χ1) is 13.2. The van der Waals surface area contributed by atoms with Gasteiger partial charge in [0.15, 0.2) is 12.3 Å². The van der Waals surface area contributed by atoms with Crippen LogP contribution >= 0.6 is 0 Å². The SMILES string of the molecule is O=C(OCc1ccccc1)C1C(=CCCc2ccccc2)OC2CC(=O)N21. The molecule has 27 heavy (non-hydrogen) atoms. The van der Waals surface area contributed by atoms with Crippen molar-refractivity contribution < 1.29 is 19.1 Å². The number of aryl methyl sites for hydroxylation is 1. The molecule has 0 N–H and O–H groups in total. The molecule has 5 nitrogen and oxygen atoms in total. The highest BCUT2D eigenvalue weighted by Crippen LogP contribution is 2.37. The molecule has 2 atom stereocenters. The van der Waals surface area contributed by atoms with Crippen molar-refractivity contribution in [3.05, 3.63) is 83.6 Å². The molecule has 2 aliphatic rings. The van der Waals surface area contributed by atoms with E-state index in [4.69, 9.17) is 9.47 Å². The van der Waals surface area contributed by atoms with Crippen molar-refractivity contribution in [2.24, 2.45) is 0 Å². The minimum absolute atomic E-state index is 0.0758. The van der Waals surface area contributed by atoms with E-state index in [0.717, 1.165) is 18.4 Å². The van der Waals surface area contributed by atoms with E-state index in [9.17, 15) is 9.59 Å². The number of esters is 1. The maximum Gasteiger partial charge on any atom is 0.337 e. The van der Waals surface area contributed by atoms with Gasteiger partial charge in [0.1, 0.15) is 12.4 Å². The number of benzene rings is 2. The van der Waals surface area contributed by atoms with E-state index in [2.05, 4.69) is 12.1 Å². The Hall–Kier alpha value is -3.08. The molecule has 0 aliphatic carbocycles. The topological polar surface area (TPSA) is 55.8 Å². The van der Waals surface area contributed by atoms with Crippen molar-refractivity contribution in [1.82, 2.24) is 4.90 Å². The summed E-state index contributed by atoms with van der Waals surface area (Å²) in [6, 6.07) is 18.8. The van der Waals surface area contributed by atoms with Crippen molar-refractivity contribution in [2.45, 2.75) is 38.1 Å². The Bertz CT molecular complexity index is 847. The predicted octanol–water partition coefficient (Wildman–Crippen LogP) is 3.20. The zero-order chi connectivity index (χ0) is 18.6. The van der Waals surface area contributed by atoms with E-state index in [-0.39, 0.29) is 18.7 Å². The molecule has 0 radical (unpaired) electrons. The highest BCUT2D eigenvalue weighted by atomic mass is 16.6. The molecule has 1 amide bonds. The number of rotatable bonds is 6. The highest BCUT2D eigenvalue weighted by molar-refractivity contribution is 5.91. The van der Waals surface area contributed by atoms with Crippen LogP contribution in [-0.2, 0) is 32.1 Å². The van der Waals surface area contributed by atoms with Crippen LogP contribution in [0.25, 0.3) is 0 Å². The van der Waals surface area contributed by atoms with Gasteiger partial charge in [0.05, 0.1) is 6.42 Å². The second-order valence-electron chi connectivity index (χ2n) is 6.70. The molecule has 2 saturated heterocycles. The summed E-state index contributed by atoms with van der Waals surface area (Å²) in [6.07, 6.45) is 3.47. The van der Waals surface area contributed by atoms with Crippen molar-refractivity contribution in [3.63, 3.8) is 0 Å². The zero-order valence-corrected chi connectivity index (χ0v) is 14.9. The van der Waals surface area contributed by atoms with Gasteiger partial charge in [-0.3, -0.25) is 9.69 Å². The van der Waals surface area contributed by atoms with Crippen LogP contribution in [0.4, 0.5) is 0 Å². The summed E-state index contributed by atoms with van der Waals surface area (Å²) in [7, 11) is 0. The van der Waals surface area contributed by atoms with Crippen molar-refractivity contribution in [3.8, 4) is 0 Å². The van der Waals surface area contributed by atoms with Gasteiger partial charge < -0.3 is 9.47 Å². The fourth-order valence-electron chi connectivity index (χ4n) is 3.39. The van der Waals surface area contributed by atoms with Gasteiger partial charge >= 0.3 is 5.97 Å². The average Bonchev–Trinajstić information content (AvgIpc) is 3.00. The molecule has 2 fully saturated rings. The van der Waals surface area contributed by atoms with E-state index in [1.54, 1.807) is 0 Å². The first-order valence-corrected chi connectivity index (χ1v) is 9.15. The second-order valence-corrected chi connectivity index (χ2v) is 6.70. The minimum Gasteiger partial charge on any atom is -0.472 e. The van der Waals surface area contributed by atoms with Crippen molar-refractivity contribution in [1.29, 1.82) is 0 Å². The summed E-state index contributed by atoms with van der Waals surface area (Å²) in [4.78, 5) is 26.1. The average molecular weight is 363 g/mol. The number of allylic oxidation sites excluding steroid dienone is 1. The standard InChI is InChI=1S/C22H21NO4/c24-19-14-20-23(19)21(22(25)26-15-17-10-5-2-6-11-17)18(27-20)13-7-12-16-8-3-1-4-9-16/h1-6,8-11,13,20-21H,7,12,14-15H2. The van der Waals surface area contributed by atoms with Gasteiger partial charge in [-0.25, -0.2) is 4.79 Å². The van der Waals surface area contributed by atoms with Gasteiger partial charge in [0.25, 0.3) is 0 Å². The summed E-state index contributed by atoms with van der Waals surface area (Å²) in [5.74, 6) is 0.00771. The molecule has 2 unspecified atom stereocenters. The summed E-state index contributed by atoms with van der Waals surface area (Å²) in [5.41, 5.74) is 2.13. The Morgan fingerprint density at radius 2 is 1.74 bits per heavy atom. The lowest BCUT2D eigenvalue weighted by Crippen LogP contribution is -2.55. The first kappa shape index (κ1) is 17.3. The third-order valence-electron chi connectivity index (χ3n) is 4.84. The smallest absolute Gasteiger partial charge is 0.337 e. The quantitative estimate of drug-likeness (QED) is 0.584. The number of hydrogen-bond acceptors (Lipinski definition) is 4. The number of carbonyl (C=O) groups is 2. The molecule has 2 aromatic carbocycles. The molecule has 2 heterocycles. The summed E-state index contributed by atoms with van der Waals surface area (Å²) >= 11 is 0. The summed E-state index contributed by atoms with van der Waals surface area (Å²) < 4.78 is 11.3. The van der Waals surface area contributed by atoms with Gasteiger partial charge in [-0.2, -0.15) is 0 Å². The Balaban J connectivity index is 1.43. The first-order valence-electron chi connectivity index (χ1n) is 9.15. The summed E-state index contributed by atoms with van der Waals surface area (Å²) in [5, 5.41) is 0. The number of hydrogen-bond donors (Lipinski definition) is 0. The third-order valence-corrected chi connectivity index (χ3v) is 4.84. The lowest BCUT2D eigenvalue weighted by atomic mass is 10.1. The Morgan fingerprint density at radius 3 is 2.41 bits per heavy atom. The Labute approximate surface area is 158 Å². The molecule has 5 heteroatoms. The Kier molecular flexibility index (Phi) is 4.92. The van der Waals surface area contributed by atoms with Crippen LogP contribution < -0.4 is 0 Å². The van der Waals surface area contributed by atoms with Gasteiger partial charge in [0, 0.05) is 0 Å². The highest BCUT2D eigenvalue weighted by Gasteiger charge is 2.54. The fraction of sp³-hybridized carbons (Fsp3) is 0.273. The zero-order valence-electron chi connectivity index (χ0n) is 14.9. The normalized spacial score (nSPS) is 22.1. The van der Waals surface area contributed by atoms with Crippen LogP contribution in [0.3, 0.4) is 0 Å². The van der Waals surface area contributed by atoms with Gasteiger partial charge in [0.2, 0.25) is 5.91 Å². The third kappa shape index (κ3) is 3.72. The summed E-state index contributed by atoms with van der Waals surface area (Å²) in [6.45, 7) is 0.181. The molecule has 0 aromatic heterocycles. The number of ether oxygens (including phenoxy) is 2. The molecule has 2 aliphatic heterocycles. The van der Waals surface area contributed by atoms with Crippen LogP contribution in [-0.4, -0.2) is 29.0 Å². The van der Waals surface area contributed by atoms with E-state index in [1.165, 1.54) is 10.5 Å². The minimum atomic E-state index is -0.768. The van der Waals surface area contributed by atoms with E-state index < -0.39 is 12.0 Å². The maximum atomic E-state index is 12.7. The molecule has 0 saturated carbocycles. The lowest BCUT2D eigenvalue weighted by molar-refractivity contribution is -0.166. The monoisotopic (exact) mass is 363 g/mol. The van der Waals surface area contributed by atoms with Crippen LogP contribution in [0.1, 0.15) is 24.0 Å². The molecular weight excluding hydrogens is 342 g/mol. The van der Waals surface area contributed by atoms with Gasteiger partial charge in [-0.15, -0.1) is 0 Å². The molecular formula is C22H21NO4.